The Morgan fingerprint density at radius 1 is 1.42 bits per heavy atom. The molecular formula is C15H28N4O4S. The second kappa shape index (κ2) is 9.65. The van der Waals surface area contributed by atoms with Crippen LogP contribution >= 0.6 is 0 Å². The molecule has 0 aliphatic heterocycles. The number of methoxy groups -OCH3 is 1. The minimum Gasteiger partial charge on any atom is -0.396 e. The van der Waals surface area contributed by atoms with E-state index in [0.29, 0.717) is 23.9 Å². The molecule has 138 valence electrons. The number of nitrogens with zero attached hydrogens (tertiary/aromatic N) is 2. The number of anilines is 3. The zero-order valence-electron chi connectivity index (χ0n) is 14.6. The van der Waals surface area contributed by atoms with Crippen molar-refractivity contribution >= 4 is 27.2 Å². The van der Waals surface area contributed by atoms with E-state index >= 15 is 0 Å². The van der Waals surface area contributed by atoms with Gasteiger partial charge in [-0.3, -0.25) is 0 Å². The number of nitrogens with one attached hydrogen (secondary N) is 1. The zero-order valence-corrected chi connectivity index (χ0v) is 15.4. The summed E-state index contributed by atoms with van der Waals surface area (Å²) >= 11 is 0. The maximum absolute atomic E-state index is 11.7. The Bertz CT molecular complexity index is 622. The maximum atomic E-state index is 11.7. The lowest BCUT2D eigenvalue weighted by Gasteiger charge is -2.22. The summed E-state index contributed by atoms with van der Waals surface area (Å²) in [5.74, 6) is 0.945. The first-order valence-electron chi connectivity index (χ1n) is 7.83. The van der Waals surface area contributed by atoms with Gasteiger partial charge >= 0.3 is 0 Å². The summed E-state index contributed by atoms with van der Waals surface area (Å²) in [4.78, 5) is 6.20. The highest BCUT2D eigenvalue weighted by molar-refractivity contribution is 7.91. The van der Waals surface area contributed by atoms with Gasteiger partial charge in [0.2, 0.25) is 0 Å². The van der Waals surface area contributed by atoms with Crippen molar-refractivity contribution < 1.29 is 18.3 Å². The van der Waals surface area contributed by atoms with Crippen molar-refractivity contribution in [3.63, 3.8) is 0 Å². The number of nitrogens with two attached hydrogens (primary N) is 1. The van der Waals surface area contributed by atoms with E-state index < -0.39 is 9.84 Å². The number of aliphatic hydroxyl groups excluding tert-OH is 1. The molecule has 24 heavy (non-hydrogen) atoms. The second-order valence-electron chi connectivity index (χ2n) is 5.63. The van der Waals surface area contributed by atoms with E-state index in [0.717, 1.165) is 18.5 Å². The Kier molecular flexibility index (Phi) is 8.23. The Labute approximate surface area is 143 Å². The third-order valence-corrected chi connectivity index (χ3v) is 5.19. The van der Waals surface area contributed by atoms with Gasteiger partial charge in [0.05, 0.1) is 23.8 Å². The summed E-state index contributed by atoms with van der Waals surface area (Å²) in [5, 5.41) is 12.0. The summed E-state index contributed by atoms with van der Waals surface area (Å²) < 4.78 is 28.5. The predicted molar refractivity (Wildman–Crippen MR) is 97.4 cm³/mol. The van der Waals surface area contributed by atoms with Gasteiger partial charge in [-0.05, 0) is 25.0 Å². The molecule has 0 aliphatic rings. The maximum Gasteiger partial charge on any atom is 0.154 e. The van der Waals surface area contributed by atoms with Crippen LogP contribution in [-0.2, 0) is 14.6 Å². The molecule has 0 saturated heterocycles. The lowest BCUT2D eigenvalue weighted by atomic mass is 10.2. The summed E-state index contributed by atoms with van der Waals surface area (Å²) in [6, 6.07) is 1.86. The molecule has 0 aromatic carbocycles. The fourth-order valence-corrected chi connectivity index (χ4v) is 3.14. The molecule has 0 fully saturated rings. The fraction of sp³-hybridized carbons (Fsp3) is 0.667. The molecule has 4 N–H and O–H groups in total. The van der Waals surface area contributed by atoms with Crippen LogP contribution in [0.5, 0.6) is 0 Å². The van der Waals surface area contributed by atoms with Gasteiger partial charge in [-0.15, -0.1) is 0 Å². The van der Waals surface area contributed by atoms with Crippen LogP contribution in [-0.4, -0.2) is 70.5 Å². The lowest BCUT2D eigenvalue weighted by Crippen LogP contribution is -2.29. The molecule has 0 aliphatic carbocycles. The number of hydrogen-bond acceptors (Lipinski definition) is 8. The first-order valence-corrected chi connectivity index (χ1v) is 9.65. The van der Waals surface area contributed by atoms with Gasteiger partial charge in [-0.25, -0.2) is 13.4 Å². The highest BCUT2D eigenvalue weighted by Gasteiger charge is 2.15. The average Bonchev–Trinajstić information content (AvgIpc) is 2.52. The number of ether oxygens (including phenoxy) is 1. The molecule has 0 spiro atoms. The standard InChI is InChI=1S/C15H28N4O4S/c1-12-11-13(17-5-4-8-23-3)18-15(14(12)16)19(2)6-9-24(21,22)10-7-20/h11,20H,4-10,16H2,1-3H3,(H,17,18). The molecule has 1 aromatic heterocycles. The number of aliphatic hydroxyl groups is 1. The number of pyridine rings is 1. The van der Waals surface area contributed by atoms with E-state index in [2.05, 4.69) is 10.3 Å². The Balaban J connectivity index is 2.79. The minimum absolute atomic E-state index is 0.0598. The number of sulfone groups is 1. The van der Waals surface area contributed by atoms with Crippen LogP contribution in [0.25, 0.3) is 0 Å². The van der Waals surface area contributed by atoms with Gasteiger partial charge < -0.3 is 25.8 Å². The van der Waals surface area contributed by atoms with Gasteiger partial charge in [0.15, 0.2) is 15.7 Å². The summed E-state index contributed by atoms with van der Waals surface area (Å²) in [6.45, 7) is 3.16. The van der Waals surface area contributed by atoms with Crippen LogP contribution in [0.3, 0.4) is 0 Å². The average molecular weight is 360 g/mol. The summed E-state index contributed by atoms with van der Waals surface area (Å²) in [6.07, 6.45) is 0.853. The van der Waals surface area contributed by atoms with Crippen LogP contribution in [0, 0.1) is 6.92 Å². The summed E-state index contributed by atoms with van der Waals surface area (Å²) in [5.41, 5.74) is 7.49. The zero-order chi connectivity index (χ0) is 18.2. The number of rotatable bonds is 11. The van der Waals surface area contributed by atoms with Crippen LogP contribution in [0.15, 0.2) is 6.07 Å². The van der Waals surface area contributed by atoms with Gasteiger partial charge in [-0.1, -0.05) is 0 Å². The monoisotopic (exact) mass is 360 g/mol. The molecule has 8 nitrogen and oxygen atoms in total. The van der Waals surface area contributed by atoms with Crippen molar-refractivity contribution in [2.75, 3.05) is 67.9 Å². The van der Waals surface area contributed by atoms with Gasteiger partial charge in [0, 0.05) is 33.9 Å². The molecule has 9 heteroatoms. The van der Waals surface area contributed by atoms with Gasteiger partial charge in [0.1, 0.15) is 5.82 Å². The molecule has 0 bridgehead atoms. The van der Waals surface area contributed by atoms with E-state index in [1.165, 1.54) is 0 Å². The lowest BCUT2D eigenvalue weighted by molar-refractivity contribution is 0.198. The minimum atomic E-state index is -3.28. The molecular weight excluding hydrogens is 332 g/mol. The largest absolute Gasteiger partial charge is 0.396 e. The number of hydrogen-bond donors (Lipinski definition) is 3. The van der Waals surface area contributed by atoms with E-state index in [1.54, 1.807) is 19.1 Å². The topological polar surface area (TPSA) is 118 Å². The first-order chi connectivity index (χ1) is 11.3. The molecule has 1 heterocycles. The molecule has 0 radical (unpaired) electrons. The van der Waals surface area contributed by atoms with Crippen LogP contribution in [0.4, 0.5) is 17.3 Å². The molecule has 1 rings (SSSR count). The third kappa shape index (κ3) is 6.50. The second-order valence-corrected chi connectivity index (χ2v) is 7.94. The quantitative estimate of drug-likeness (QED) is 0.481. The Hall–Kier alpha value is -1.58. The van der Waals surface area contributed by atoms with Crippen molar-refractivity contribution in [2.24, 2.45) is 0 Å². The molecule has 0 unspecified atom stereocenters. The van der Waals surface area contributed by atoms with Crippen LogP contribution < -0.4 is 16.0 Å². The van der Waals surface area contributed by atoms with Crippen molar-refractivity contribution in [1.29, 1.82) is 0 Å². The highest BCUT2D eigenvalue weighted by Crippen LogP contribution is 2.26. The van der Waals surface area contributed by atoms with Gasteiger partial charge in [-0.2, -0.15) is 0 Å². The normalized spacial score (nSPS) is 11.5. The van der Waals surface area contributed by atoms with Crippen molar-refractivity contribution in [1.82, 2.24) is 4.98 Å². The predicted octanol–water partition coefficient (Wildman–Crippen LogP) is 0.264. The van der Waals surface area contributed by atoms with Crippen molar-refractivity contribution in [2.45, 2.75) is 13.3 Å². The first kappa shape index (κ1) is 20.5. The van der Waals surface area contributed by atoms with Crippen molar-refractivity contribution in [3.8, 4) is 0 Å². The van der Waals surface area contributed by atoms with E-state index in [1.807, 2.05) is 13.0 Å². The van der Waals surface area contributed by atoms with Crippen LogP contribution in [0.1, 0.15) is 12.0 Å². The van der Waals surface area contributed by atoms with Gasteiger partial charge in [0.25, 0.3) is 0 Å². The third-order valence-electron chi connectivity index (χ3n) is 3.58. The number of aryl methyl sites for hydroxylation is 1. The Morgan fingerprint density at radius 3 is 2.75 bits per heavy atom. The van der Waals surface area contributed by atoms with Crippen LogP contribution in [0.2, 0.25) is 0 Å². The molecule has 0 atom stereocenters. The highest BCUT2D eigenvalue weighted by atomic mass is 32.2. The van der Waals surface area contributed by atoms with E-state index in [4.69, 9.17) is 15.6 Å². The number of aromatic nitrogens is 1. The molecule has 0 amide bonds. The number of nitrogen functional groups attached to an aromatic ring is 1. The smallest absolute Gasteiger partial charge is 0.154 e. The summed E-state index contributed by atoms with van der Waals surface area (Å²) in [7, 11) is 0.129. The SMILES string of the molecule is COCCCNc1cc(C)c(N)c(N(C)CCS(=O)(=O)CCO)n1. The molecule has 0 saturated carbocycles. The Morgan fingerprint density at radius 2 is 2.12 bits per heavy atom. The molecule has 1 aromatic rings. The fourth-order valence-electron chi connectivity index (χ4n) is 2.10. The van der Waals surface area contributed by atoms with Crippen molar-refractivity contribution in [3.05, 3.63) is 11.6 Å². The van der Waals surface area contributed by atoms with E-state index in [-0.39, 0.29) is 24.7 Å². The van der Waals surface area contributed by atoms with E-state index in [9.17, 15) is 8.42 Å².